The quantitative estimate of drug-likeness (QED) is 0.581. The van der Waals surface area contributed by atoms with Crippen molar-refractivity contribution < 1.29 is 47.8 Å². The molecule has 0 N–H and O–H groups in total. The average Bonchev–Trinajstić information content (AvgIpc) is 2.00. The molecule has 0 saturated heterocycles. The minimum Gasteiger partial charge on any atom is -0.254 e. The normalized spacial score (nSPS) is 15.0. The smallest absolute Gasteiger partial charge is 0.254 e. The van der Waals surface area contributed by atoms with Crippen LogP contribution in [-0.2, 0) is 15.0 Å². The Morgan fingerprint density at radius 2 is 1.25 bits per heavy atom. The molecule has 0 aromatic heterocycles. The lowest BCUT2D eigenvalue weighted by Gasteiger charge is -2.26. The third-order valence-corrected chi connectivity index (χ3v) is 2.18. The van der Waals surface area contributed by atoms with Crippen molar-refractivity contribution in [2.75, 3.05) is 0 Å². The van der Waals surface area contributed by atoms with Crippen molar-refractivity contribution in [1.82, 2.24) is 0 Å². The minimum absolute atomic E-state index is 4.22. The van der Waals surface area contributed by atoms with Gasteiger partial charge < -0.3 is 0 Å². The van der Waals surface area contributed by atoms with Gasteiger partial charge in [-0.2, -0.15) is 39.2 Å². The highest BCUT2D eigenvalue weighted by molar-refractivity contribution is 7.87. The lowest BCUT2D eigenvalue weighted by Crippen LogP contribution is -2.59. The molecule has 0 heterocycles. The number of rotatable bonds is 4. The van der Waals surface area contributed by atoms with Crippen LogP contribution in [0.15, 0.2) is 0 Å². The molecule has 0 fully saturated rings. The first-order chi connectivity index (χ1) is 6.69. The molecular weight excluding hydrogens is 280 g/mol. The number of hydrogen-bond donors (Lipinski definition) is 0. The van der Waals surface area contributed by atoms with Crippen LogP contribution in [-0.4, -0.2) is 31.6 Å². The van der Waals surface area contributed by atoms with E-state index in [1.54, 1.807) is 0 Å². The van der Waals surface area contributed by atoms with Crippen LogP contribution in [0.4, 0.5) is 34.6 Å². The fourth-order valence-corrected chi connectivity index (χ4v) is 0.894. The molecule has 0 rings (SSSR count). The lowest BCUT2D eigenvalue weighted by atomic mass is 10.2. The predicted molar refractivity (Wildman–Crippen MR) is 31.0 cm³/mol. The van der Waals surface area contributed by atoms with Gasteiger partial charge in [-0.05, 0) is 0 Å². The van der Waals surface area contributed by atoms with E-state index in [9.17, 15) is 47.8 Å². The summed E-state index contributed by atoms with van der Waals surface area (Å²) in [5.74, 6) is -13.7. The van der Waals surface area contributed by atoms with Crippen LogP contribution in [0.25, 0.3) is 0 Å². The van der Waals surface area contributed by atoms with Gasteiger partial charge in [0.25, 0.3) is 0 Å². The molecule has 0 aromatic rings. The maximum absolute atomic E-state index is 12.1. The molecule has 0 aliphatic carbocycles. The first kappa shape index (κ1) is 15.1. The van der Waals surface area contributed by atoms with Crippen molar-refractivity contribution in [2.45, 2.75) is 17.1 Å². The van der Waals surface area contributed by atoms with Crippen LogP contribution >= 0.6 is 0 Å². The van der Waals surface area contributed by atoms with Crippen molar-refractivity contribution in [3.8, 4) is 0 Å². The minimum atomic E-state index is -7.46. The topological polar surface area (TPSA) is 51.2 Å². The summed E-state index contributed by atoms with van der Waals surface area (Å²) in [6.07, 6.45) is 0. The van der Waals surface area contributed by atoms with Crippen LogP contribution in [0, 0.1) is 0 Å². The summed E-state index contributed by atoms with van der Waals surface area (Å²) in [7, 11) is -7.46. The Kier molecular flexibility index (Phi) is 3.32. The molecule has 0 saturated carbocycles. The summed E-state index contributed by atoms with van der Waals surface area (Å²) in [6.45, 7) is 0. The summed E-state index contributed by atoms with van der Waals surface area (Å²) in [4.78, 5) is 9.34. The van der Waals surface area contributed by atoms with E-state index in [0.29, 0.717) is 0 Å². The molecule has 96 valence electrons. The molecule has 16 heavy (non-hydrogen) atoms. The summed E-state index contributed by atoms with van der Waals surface area (Å²) >= 11 is 0. The van der Waals surface area contributed by atoms with Gasteiger partial charge >= 0.3 is 33.4 Å². The molecule has 0 unspecified atom stereocenters. The highest BCUT2D eigenvalue weighted by atomic mass is 32.3. The number of carbonyl (C=O) groups excluding carboxylic acids is 1. The van der Waals surface area contributed by atoms with Crippen LogP contribution in [0.5, 0.6) is 0 Å². The Morgan fingerprint density at radius 1 is 0.938 bits per heavy atom. The van der Waals surface area contributed by atoms with E-state index >= 15 is 0 Å². The average molecular weight is 280 g/mol. The monoisotopic (exact) mass is 280 g/mol. The lowest BCUT2D eigenvalue weighted by molar-refractivity contribution is -0.273. The molecule has 3 nitrogen and oxygen atoms in total. The number of hydrogen-bond acceptors (Lipinski definition) is 3. The Morgan fingerprint density at radius 3 is 1.44 bits per heavy atom. The molecule has 0 amide bonds. The second-order valence-corrected chi connectivity index (χ2v) is 3.77. The number of halogens is 8. The predicted octanol–water partition coefficient (Wildman–Crippen LogP) is 1.65. The van der Waals surface area contributed by atoms with E-state index in [2.05, 4.69) is 0 Å². The summed E-state index contributed by atoms with van der Waals surface area (Å²) in [5, 5.41) is -6.94. The second kappa shape index (κ2) is 3.53. The van der Waals surface area contributed by atoms with Crippen molar-refractivity contribution >= 4 is 16.3 Å². The first-order valence-electron chi connectivity index (χ1n) is 2.97. The van der Waals surface area contributed by atoms with Gasteiger partial charge in [0.1, 0.15) is 0 Å². The Labute approximate surface area is 82.2 Å². The van der Waals surface area contributed by atoms with Gasteiger partial charge in [-0.3, -0.25) is 4.79 Å². The molecule has 12 heteroatoms. The van der Waals surface area contributed by atoms with Gasteiger partial charge in [0.2, 0.25) is 0 Å². The third kappa shape index (κ3) is 1.85. The SMILES string of the molecule is O=C(F)C(F)(F)C(F)(F)C(F)(F)S(=O)(=O)F. The van der Waals surface area contributed by atoms with Gasteiger partial charge in [0.05, 0.1) is 0 Å². The van der Waals surface area contributed by atoms with Gasteiger partial charge in [0, 0.05) is 0 Å². The molecule has 0 aliphatic rings. The van der Waals surface area contributed by atoms with Crippen LogP contribution in [0.1, 0.15) is 0 Å². The summed E-state index contributed by atoms with van der Waals surface area (Å²) in [5.41, 5.74) is 0. The van der Waals surface area contributed by atoms with Crippen molar-refractivity contribution in [1.29, 1.82) is 0 Å². The molecule has 0 bridgehead atoms. The zero-order valence-corrected chi connectivity index (χ0v) is 7.47. The van der Waals surface area contributed by atoms with Gasteiger partial charge in [0.15, 0.2) is 0 Å². The van der Waals surface area contributed by atoms with E-state index in [1.165, 1.54) is 0 Å². The third-order valence-electron chi connectivity index (χ3n) is 1.31. The fourth-order valence-electron chi connectivity index (χ4n) is 0.459. The fraction of sp³-hybridized carbons (Fsp3) is 0.750. The van der Waals surface area contributed by atoms with E-state index in [-0.39, 0.29) is 0 Å². The summed E-state index contributed by atoms with van der Waals surface area (Å²) < 4.78 is 114. The molecule has 0 radical (unpaired) electrons. The highest BCUT2D eigenvalue weighted by Crippen LogP contribution is 2.49. The van der Waals surface area contributed by atoms with Crippen molar-refractivity contribution in [3.05, 3.63) is 0 Å². The van der Waals surface area contributed by atoms with Gasteiger partial charge in [-0.25, -0.2) is 0 Å². The molecular formula is C4F8O3S. The van der Waals surface area contributed by atoms with Crippen LogP contribution < -0.4 is 0 Å². The van der Waals surface area contributed by atoms with Crippen molar-refractivity contribution in [2.24, 2.45) is 0 Å². The largest absolute Gasteiger partial charge is 0.443 e. The maximum atomic E-state index is 12.1. The van der Waals surface area contributed by atoms with Crippen LogP contribution in [0.2, 0.25) is 0 Å². The number of alkyl halides is 6. The van der Waals surface area contributed by atoms with E-state index in [0.717, 1.165) is 0 Å². The Bertz CT molecular complexity index is 398. The highest BCUT2D eigenvalue weighted by Gasteiger charge is 2.81. The first-order valence-corrected chi connectivity index (χ1v) is 4.35. The summed E-state index contributed by atoms with van der Waals surface area (Å²) in [6, 6.07) is -4.22. The molecule has 0 aromatic carbocycles. The molecule has 0 aliphatic heterocycles. The number of carbonyl (C=O) groups is 1. The Hall–Kier alpha value is -0.940. The van der Waals surface area contributed by atoms with Crippen molar-refractivity contribution in [3.63, 3.8) is 0 Å². The standard InChI is InChI=1S/C4F8O3S/c5-1(13)2(6,7)3(8,9)4(10,11)16(12,14)15. The van der Waals surface area contributed by atoms with E-state index in [1.807, 2.05) is 0 Å². The van der Waals surface area contributed by atoms with Crippen LogP contribution in [0.3, 0.4) is 0 Å². The van der Waals surface area contributed by atoms with E-state index in [4.69, 9.17) is 0 Å². The zero-order valence-electron chi connectivity index (χ0n) is 6.66. The maximum Gasteiger partial charge on any atom is 0.443 e. The van der Waals surface area contributed by atoms with E-state index < -0.39 is 33.4 Å². The second-order valence-electron chi connectivity index (χ2n) is 2.38. The molecule has 0 spiro atoms. The van der Waals surface area contributed by atoms with Gasteiger partial charge in [-0.1, -0.05) is 3.89 Å². The zero-order chi connectivity index (χ0) is 13.6. The Balaban J connectivity index is 5.82. The molecule has 0 atom stereocenters. The van der Waals surface area contributed by atoms with Gasteiger partial charge in [-0.15, -0.1) is 0 Å².